The summed E-state index contributed by atoms with van der Waals surface area (Å²) in [6, 6.07) is 22.1. The number of rotatable bonds is 10. The molecule has 0 bridgehead atoms. The molecule has 5 aromatic carbocycles. The van der Waals surface area contributed by atoms with Crippen molar-refractivity contribution in [2.45, 2.75) is 135 Å². The van der Waals surface area contributed by atoms with Gasteiger partial charge in [0.05, 0.1) is 0 Å². The smallest absolute Gasteiger partial charge is 0.0624 e. The Morgan fingerprint density at radius 3 is 1.13 bits per heavy atom. The van der Waals surface area contributed by atoms with E-state index < -0.39 is 0 Å². The van der Waals surface area contributed by atoms with Crippen molar-refractivity contribution in [2.24, 2.45) is 11.3 Å². The van der Waals surface area contributed by atoms with Crippen LogP contribution in [0.25, 0.3) is 22.3 Å². The second-order valence-corrected chi connectivity index (χ2v) is 17.8. The van der Waals surface area contributed by atoms with Crippen LogP contribution in [0.2, 0.25) is 0 Å². The molecule has 0 N–H and O–H groups in total. The van der Waals surface area contributed by atoms with E-state index in [1.807, 2.05) is 0 Å². The van der Waals surface area contributed by atoms with Crippen LogP contribution >= 0.6 is 0 Å². The molecular weight excluding hydrogens is 635 g/mol. The van der Waals surface area contributed by atoms with Crippen molar-refractivity contribution < 1.29 is 0 Å². The van der Waals surface area contributed by atoms with Crippen LogP contribution in [-0.2, 0) is 0 Å². The molecule has 53 heavy (non-hydrogen) atoms. The Kier molecular flexibility index (Phi) is 10.8. The minimum Gasteiger partial charge on any atom is -0.0624 e. The number of hydrogen-bond donors (Lipinski definition) is 0. The maximum Gasteiger partial charge on any atom is 0.243 e. The third-order valence-corrected chi connectivity index (χ3v) is 14.6. The molecule has 1 aliphatic rings. The zero-order valence-corrected chi connectivity index (χ0v) is 35.8. The molecule has 0 amide bonds. The lowest BCUT2D eigenvalue weighted by atomic mass is 9.32. The lowest BCUT2D eigenvalue weighted by molar-refractivity contribution is 0.261. The summed E-state index contributed by atoms with van der Waals surface area (Å²) in [5.41, 5.74) is 29.0. The van der Waals surface area contributed by atoms with Gasteiger partial charge in [-0.25, -0.2) is 0 Å². The van der Waals surface area contributed by atoms with Gasteiger partial charge in [0.15, 0.2) is 0 Å². The summed E-state index contributed by atoms with van der Waals surface area (Å²) >= 11 is 0. The normalized spacial score (nSPS) is 13.8. The molecule has 0 aliphatic heterocycles. The van der Waals surface area contributed by atoms with Gasteiger partial charge in [0.2, 0.25) is 6.71 Å². The van der Waals surface area contributed by atoms with Crippen LogP contribution in [0.15, 0.2) is 60.7 Å². The van der Waals surface area contributed by atoms with Crippen LogP contribution in [0.1, 0.15) is 125 Å². The fraction of sp³-hybridized carbons (Fsp3) is 0.423. The molecule has 1 aliphatic carbocycles. The van der Waals surface area contributed by atoms with E-state index in [2.05, 4.69) is 165 Å². The maximum absolute atomic E-state index is 2.53. The van der Waals surface area contributed by atoms with Gasteiger partial charge in [0, 0.05) is 0 Å². The molecule has 0 spiro atoms. The summed E-state index contributed by atoms with van der Waals surface area (Å²) in [6.45, 7) is 36.5. The molecule has 1 saturated carbocycles. The van der Waals surface area contributed by atoms with Gasteiger partial charge in [-0.3, -0.25) is 0 Å². The predicted molar refractivity (Wildman–Crippen MR) is 236 cm³/mol. The van der Waals surface area contributed by atoms with Gasteiger partial charge < -0.3 is 0 Å². The summed E-state index contributed by atoms with van der Waals surface area (Å²) < 4.78 is 0. The molecule has 1 unspecified atom stereocenters. The third kappa shape index (κ3) is 6.77. The first-order chi connectivity index (χ1) is 25.0. The van der Waals surface area contributed by atoms with E-state index in [1.54, 1.807) is 5.56 Å². The SMILES string of the molecule is Cc1c(C)c(-c2ccccc2)c(C)c(C)c1B(c1c(C)c(C)c(-c2ccccc2)c(C)c1C)c1c(C)c(C)c(C(C)C(C)(C)CCC2CC2)c(C)c1C. The van der Waals surface area contributed by atoms with Crippen LogP contribution in [0.4, 0.5) is 0 Å². The lowest BCUT2D eigenvalue weighted by Crippen LogP contribution is -2.58. The van der Waals surface area contributed by atoms with Gasteiger partial charge in [0.1, 0.15) is 0 Å². The number of benzene rings is 5. The predicted octanol–water partition coefficient (Wildman–Crippen LogP) is 12.6. The zero-order chi connectivity index (χ0) is 38.7. The van der Waals surface area contributed by atoms with Crippen molar-refractivity contribution in [2.75, 3.05) is 0 Å². The van der Waals surface area contributed by atoms with Crippen molar-refractivity contribution in [3.05, 3.63) is 133 Å². The van der Waals surface area contributed by atoms with E-state index in [-0.39, 0.29) is 12.1 Å². The van der Waals surface area contributed by atoms with Crippen LogP contribution in [0, 0.1) is 94.4 Å². The Bertz CT molecular complexity index is 1980. The largest absolute Gasteiger partial charge is 0.243 e. The van der Waals surface area contributed by atoms with Gasteiger partial charge in [-0.1, -0.05) is 144 Å². The van der Waals surface area contributed by atoms with E-state index in [0.29, 0.717) is 5.92 Å². The van der Waals surface area contributed by atoms with Crippen LogP contribution in [-0.4, -0.2) is 6.71 Å². The van der Waals surface area contributed by atoms with E-state index in [0.717, 1.165) is 5.92 Å². The summed E-state index contributed by atoms with van der Waals surface area (Å²) in [5.74, 6) is 1.45. The van der Waals surface area contributed by atoms with Crippen molar-refractivity contribution in [1.29, 1.82) is 0 Å². The quantitative estimate of drug-likeness (QED) is 0.127. The highest BCUT2D eigenvalue weighted by atomic mass is 14.4. The summed E-state index contributed by atoms with van der Waals surface area (Å²) in [6.07, 6.45) is 5.55. The Morgan fingerprint density at radius 2 is 0.811 bits per heavy atom. The van der Waals surface area contributed by atoms with E-state index >= 15 is 0 Å². The Hall–Kier alpha value is -3.84. The maximum atomic E-state index is 2.53. The summed E-state index contributed by atoms with van der Waals surface area (Å²) in [5, 5.41) is 0. The Labute approximate surface area is 324 Å². The Morgan fingerprint density at radius 1 is 0.491 bits per heavy atom. The van der Waals surface area contributed by atoms with Crippen molar-refractivity contribution in [1.82, 2.24) is 0 Å². The molecule has 0 aromatic heterocycles. The summed E-state index contributed by atoms with van der Waals surface area (Å²) in [4.78, 5) is 0. The first-order valence-electron chi connectivity index (χ1n) is 20.4. The van der Waals surface area contributed by atoms with Gasteiger partial charge in [-0.15, -0.1) is 0 Å². The fourth-order valence-corrected chi connectivity index (χ4v) is 10.1. The fourth-order valence-electron chi connectivity index (χ4n) is 10.1. The van der Waals surface area contributed by atoms with E-state index in [9.17, 15) is 0 Å². The molecule has 1 heteroatoms. The number of hydrogen-bond acceptors (Lipinski definition) is 0. The van der Waals surface area contributed by atoms with Gasteiger partial charge in [-0.2, -0.15) is 0 Å². The van der Waals surface area contributed by atoms with Crippen molar-refractivity contribution >= 4 is 23.1 Å². The third-order valence-electron chi connectivity index (χ3n) is 14.6. The first kappa shape index (κ1) is 38.9. The molecule has 0 heterocycles. The molecule has 0 radical (unpaired) electrons. The lowest BCUT2D eigenvalue weighted by Gasteiger charge is -2.37. The molecular formula is C52H65B. The van der Waals surface area contributed by atoms with E-state index in [1.165, 1.54) is 131 Å². The molecule has 0 saturated heterocycles. The van der Waals surface area contributed by atoms with Crippen LogP contribution < -0.4 is 16.4 Å². The average Bonchev–Trinajstić information content (AvgIpc) is 3.98. The highest BCUT2D eigenvalue weighted by Crippen LogP contribution is 2.46. The van der Waals surface area contributed by atoms with Gasteiger partial charge in [0.25, 0.3) is 0 Å². The van der Waals surface area contributed by atoms with Gasteiger partial charge in [-0.05, 0) is 174 Å². The van der Waals surface area contributed by atoms with Crippen LogP contribution in [0.3, 0.4) is 0 Å². The van der Waals surface area contributed by atoms with Crippen molar-refractivity contribution in [3.8, 4) is 22.3 Å². The highest BCUT2D eigenvalue weighted by Gasteiger charge is 2.38. The molecule has 276 valence electrons. The standard InChI is InChI=1S/C52H65B/c1-30-36(7)49(37(8)31(2)46(30)42(13)52(14,15)29-28-43-26-27-43)53(50-38(9)32(3)47(33(4)39(50)10)44-22-18-16-19-23-44)51-40(11)34(5)48(35(6)41(51)12)45-24-20-17-21-25-45/h16-25,42-43H,26-29H2,1-15H3. The average molecular weight is 701 g/mol. The molecule has 5 aromatic rings. The zero-order valence-electron chi connectivity index (χ0n) is 35.8. The van der Waals surface area contributed by atoms with Gasteiger partial charge >= 0.3 is 0 Å². The van der Waals surface area contributed by atoms with E-state index in [4.69, 9.17) is 0 Å². The van der Waals surface area contributed by atoms with Crippen LogP contribution in [0.5, 0.6) is 0 Å². The highest BCUT2D eigenvalue weighted by molar-refractivity contribution is 6.97. The topological polar surface area (TPSA) is 0 Å². The second kappa shape index (κ2) is 14.8. The molecule has 6 rings (SSSR count). The molecule has 1 atom stereocenters. The second-order valence-electron chi connectivity index (χ2n) is 17.8. The minimum absolute atomic E-state index is 0.115. The minimum atomic E-state index is 0.115. The molecule has 0 nitrogen and oxygen atoms in total. The summed E-state index contributed by atoms with van der Waals surface area (Å²) in [7, 11) is 0. The van der Waals surface area contributed by atoms with Crippen molar-refractivity contribution in [3.63, 3.8) is 0 Å². The first-order valence-corrected chi connectivity index (χ1v) is 20.4. The Balaban J connectivity index is 1.68. The monoisotopic (exact) mass is 701 g/mol. The molecule has 1 fully saturated rings.